The summed E-state index contributed by atoms with van der Waals surface area (Å²) in [4.78, 5) is 23.9. The first-order valence-corrected chi connectivity index (χ1v) is 11.2. The van der Waals surface area contributed by atoms with Crippen molar-refractivity contribution in [3.63, 3.8) is 0 Å². The van der Waals surface area contributed by atoms with Gasteiger partial charge in [0.25, 0.3) is 5.95 Å². The highest BCUT2D eigenvalue weighted by Gasteiger charge is 2.25. The van der Waals surface area contributed by atoms with Crippen LogP contribution in [0, 0.1) is 5.41 Å². The third kappa shape index (κ3) is 5.04. The molecule has 4 aromatic rings. The number of nitrogens with one attached hydrogen (secondary N) is 2. The molecule has 0 aliphatic heterocycles. The number of ether oxygens (including phenoxy) is 3. The lowest BCUT2D eigenvalue weighted by atomic mass is 9.90. The highest BCUT2D eigenvalue weighted by atomic mass is 16.5. The van der Waals surface area contributed by atoms with Gasteiger partial charge in [0.1, 0.15) is 11.7 Å². The molecular weight excluding hydrogens is 462 g/mol. The highest BCUT2D eigenvalue weighted by molar-refractivity contribution is 5.94. The molecule has 11 heteroatoms. The average molecular weight is 490 g/mol. The summed E-state index contributed by atoms with van der Waals surface area (Å²) >= 11 is 0. The molecule has 0 bridgehead atoms. The molecule has 0 saturated carbocycles. The highest BCUT2D eigenvalue weighted by Crippen LogP contribution is 2.41. The van der Waals surface area contributed by atoms with Gasteiger partial charge in [0.15, 0.2) is 11.5 Å². The zero-order valence-corrected chi connectivity index (χ0v) is 20.2. The van der Waals surface area contributed by atoms with E-state index in [0.29, 0.717) is 41.7 Å². The third-order valence-electron chi connectivity index (χ3n) is 5.58. The van der Waals surface area contributed by atoms with Gasteiger partial charge in [-0.3, -0.25) is 10.4 Å². The Morgan fingerprint density at radius 3 is 2.42 bits per heavy atom. The lowest BCUT2D eigenvalue weighted by Gasteiger charge is -2.20. The average Bonchev–Trinajstić information content (AvgIpc) is 3.28. The molecule has 1 unspecified atom stereocenters. The topological polar surface area (TPSA) is 154 Å². The van der Waals surface area contributed by atoms with Crippen molar-refractivity contribution >= 4 is 5.84 Å². The first-order chi connectivity index (χ1) is 17.4. The second kappa shape index (κ2) is 10.7. The molecule has 36 heavy (non-hydrogen) atoms. The maximum Gasteiger partial charge on any atom is 0.350 e. The van der Waals surface area contributed by atoms with Crippen molar-refractivity contribution in [3.05, 3.63) is 87.9 Å². The van der Waals surface area contributed by atoms with Gasteiger partial charge in [-0.05, 0) is 42.7 Å². The number of methoxy groups -OCH3 is 2. The van der Waals surface area contributed by atoms with E-state index in [4.69, 9.17) is 25.4 Å². The zero-order chi connectivity index (χ0) is 25.7. The van der Waals surface area contributed by atoms with Crippen LogP contribution in [0.3, 0.4) is 0 Å². The van der Waals surface area contributed by atoms with Crippen LogP contribution in [0.4, 0.5) is 0 Å². The van der Waals surface area contributed by atoms with Gasteiger partial charge >= 0.3 is 5.69 Å². The minimum Gasteiger partial charge on any atom is -0.493 e. The number of benzene rings is 2. The predicted octanol–water partition coefficient (Wildman–Crippen LogP) is 2.43. The van der Waals surface area contributed by atoms with Crippen molar-refractivity contribution in [1.82, 2.24) is 24.7 Å². The van der Waals surface area contributed by atoms with Crippen molar-refractivity contribution in [1.29, 1.82) is 5.41 Å². The molecule has 0 spiro atoms. The minimum atomic E-state index is -0.460. The number of nitrogens with two attached hydrogens (primary N) is 1. The smallest absolute Gasteiger partial charge is 0.350 e. The fourth-order valence-electron chi connectivity index (χ4n) is 3.88. The quantitative estimate of drug-likeness (QED) is 0.227. The Kier molecular flexibility index (Phi) is 7.28. The molecule has 2 aromatic carbocycles. The second-order valence-corrected chi connectivity index (χ2v) is 7.83. The van der Waals surface area contributed by atoms with Crippen molar-refractivity contribution in [2.45, 2.75) is 19.3 Å². The Labute approximate surface area is 207 Å². The molecule has 0 aliphatic carbocycles. The summed E-state index contributed by atoms with van der Waals surface area (Å²) in [7, 11) is 3.10. The van der Waals surface area contributed by atoms with Crippen LogP contribution < -0.4 is 25.6 Å². The first kappa shape index (κ1) is 24.5. The fraction of sp³-hybridized carbons (Fsp3) is 0.240. The Bertz CT molecular complexity index is 1400. The Morgan fingerprint density at radius 1 is 1.11 bits per heavy atom. The fourth-order valence-corrected chi connectivity index (χ4v) is 3.88. The Hall–Kier alpha value is -4.67. The summed E-state index contributed by atoms with van der Waals surface area (Å²) in [5.74, 6) is 1.65. The summed E-state index contributed by atoms with van der Waals surface area (Å²) < 4.78 is 18.1. The molecule has 0 saturated heterocycles. The van der Waals surface area contributed by atoms with Crippen LogP contribution in [0.2, 0.25) is 0 Å². The van der Waals surface area contributed by atoms with Crippen molar-refractivity contribution in [2.24, 2.45) is 5.73 Å². The molecule has 2 aromatic heterocycles. The van der Waals surface area contributed by atoms with Crippen LogP contribution >= 0.6 is 0 Å². The van der Waals surface area contributed by atoms with Gasteiger partial charge in [-0.1, -0.05) is 24.3 Å². The lowest BCUT2D eigenvalue weighted by Crippen LogP contribution is -2.18. The third-order valence-corrected chi connectivity index (χ3v) is 5.58. The number of aromatic nitrogens is 5. The van der Waals surface area contributed by atoms with Gasteiger partial charge in [0, 0.05) is 23.9 Å². The summed E-state index contributed by atoms with van der Waals surface area (Å²) in [6, 6.07) is 12.7. The van der Waals surface area contributed by atoms with Crippen molar-refractivity contribution in [3.8, 4) is 23.2 Å². The molecule has 4 rings (SSSR count). The number of H-pyrrole nitrogens is 1. The van der Waals surface area contributed by atoms with Crippen LogP contribution in [0.15, 0.2) is 59.7 Å². The molecule has 11 nitrogen and oxygen atoms in total. The number of amidine groups is 1. The minimum absolute atomic E-state index is 0.00900. The molecule has 0 fully saturated rings. The van der Waals surface area contributed by atoms with E-state index in [1.165, 1.54) is 0 Å². The van der Waals surface area contributed by atoms with Gasteiger partial charge in [-0.2, -0.15) is 0 Å². The monoisotopic (exact) mass is 489 g/mol. The number of rotatable bonds is 10. The van der Waals surface area contributed by atoms with Gasteiger partial charge in [-0.15, -0.1) is 9.78 Å². The van der Waals surface area contributed by atoms with Gasteiger partial charge < -0.3 is 19.9 Å². The standard InChI is InChI=1S/C25H27N7O4/c1-4-36-20-14-17(13-19(34-2)21(20)35-3)18(12-15-6-8-16(9-7-15)22(26)27)23-30-25(33)32(31-23)24-28-10-5-11-29-24/h5-11,13-14,18H,4,12H2,1-3H3,(H3,26,27)(H,30,31,33). The van der Waals surface area contributed by atoms with E-state index in [-0.39, 0.29) is 11.8 Å². The van der Waals surface area contributed by atoms with Crippen LogP contribution in [0.1, 0.15) is 35.4 Å². The van der Waals surface area contributed by atoms with Crippen LogP contribution in [-0.2, 0) is 6.42 Å². The Morgan fingerprint density at radius 2 is 1.81 bits per heavy atom. The number of hydrogen-bond donors (Lipinski definition) is 3. The van der Waals surface area contributed by atoms with E-state index >= 15 is 0 Å². The lowest BCUT2D eigenvalue weighted by molar-refractivity contribution is 0.296. The van der Waals surface area contributed by atoms with Crippen LogP contribution in [0.25, 0.3) is 5.95 Å². The maximum atomic E-state index is 12.8. The van der Waals surface area contributed by atoms with Gasteiger partial charge in [0.2, 0.25) is 5.75 Å². The van der Waals surface area contributed by atoms with Crippen molar-refractivity contribution in [2.75, 3.05) is 20.8 Å². The molecular formula is C25H27N7O4. The summed E-state index contributed by atoms with van der Waals surface area (Å²) in [5.41, 5.74) is 7.51. The van der Waals surface area contributed by atoms with E-state index in [1.54, 1.807) is 44.8 Å². The van der Waals surface area contributed by atoms with E-state index in [1.807, 2.05) is 31.2 Å². The molecule has 1 atom stereocenters. The SMILES string of the molecule is CCOc1cc(C(Cc2ccc(C(=N)N)cc2)c2nn(-c3ncccn3)c(=O)[nH]2)cc(OC)c1OC. The molecule has 186 valence electrons. The first-order valence-electron chi connectivity index (χ1n) is 11.2. The summed E-state index contributed by atoms with van der Waals surface area (Å²) in [5, 5.41) is 12.2. The Balaban J connectivity index is 1.84. The number of nitrogen functional groups attached to an aromatic ring is 1. The van der Waals surface area contributed by atoms with Crippen molar-refractivity contribution < 1.29 is 14.2 Å². The predicted molar refractivity (Wildman–Crippen MR) is 133 cm³/mol. The van der Waals surface area contributed by atoms with E-state index in [2.05, 4.69) is 20.1 Å². The number of nitrogens with zero attached hydrogens (tertiary/aromatic N) is 4. The summed E-state index contributed by atoms with van der Waals surface area (Å²) in [6.45, 7) is 2.31. The van der Waals surface area contributed by atoms with E-state index in [0.717, 1.165) is 15.8 Å². The van der Waals surface area contributed by atoms with Gasteiger partial charge in [-0.25, -0.2) is 14.8 Å². The van der Waals surface area contributed by atoms with Gasteiger partial charge in [0.05, 0.1) is 20.8 Å². The molecule has 2 heterocycles. The molecule has 0 aliphatic rings. The normalized spacial score (nSPS) is 11.6. The van der Waals surface area contributed by atoms with E-state index in [9.17, 15) is 4.79 Å². The second-order valence-electron chi connectivity index (χ2n) is 7.83. The zero-order valence-electron chi connectivity index (χ0n) is 20.2. The molecule has 0 radical (unpaired) electrons. The van der Waals surface area contributed by atoms with Crippen LogP contribution in [-0.4, -0.2) is 51.4 Å². The number of aromatic amines is 1. The molecule has 0 amide bonds. The van der Waals surface area contributed by atoms with E-state index < -0.39 is 11.6 Å². The molecule has 4 N–H and O–H groups in total. The largest absolute Gasteiger partial charge is 0.493 e. The van der Waals surface area contributed by atoms with Crippen LogP contribution in [0.5, 0.6) is 17.2 Å². The number of hydrogen-bond acceptors (Lipinski definition) is 8. The maximum absolute atomic E-state index is 12.8. The summed E-state index contributed by atoms with van der Waals surface area (Å²) in [6.07, 6.45) is 3.56.